The first-order valence-electron chi connectivity index (χ1n) is 4.99. The van der Waals surface area contributed by atoms with Gasteiger partial charge in [0, 0.05) is 6.07 Å². The van der Waals surface area contributed by atoms with Gasteiger partial charge in [0.1, 0.15) is 5.76 Å². The van der Waals surface area contributed by atoms with E-state index in [-0.39, 0.29) is 5.76 Å². The topological polar surface area (TPSA) is 52.3 Å². The first-order chi connectivity index (χ1) is 9.32. The van der Waals surface area contributed by atoms with E-state index in [0.717, 1.165) is 6.07 Å². The van der Waals surface area contributed by atoms with Crippen LogP contribution in [0.2, 0.25) is 0 Å². The van der Waals surface area contributed by atoms with Gasteiger partial charge < -0.3 is 9.26 Å². The van der Waals surface area contributed by atoms with Gasteiger partial charge in [-0.15, -0.1) is 0 Å². The van der Waals surface area contributed by atoms with Gasteiger partial charge in [-0.2, -0.15) is 8.78 Å². The van der Waals surface area contributed by atoms with Crippen molar-refractivity contribution in [2.24, 2.45) is 0 Å². The third kappa shape index (κ3) is 2.22. The standard InChI is InChI=1S/C11H4F5NO3/c1-3-2-4(17-20-3)11(18)19-10-8(15)6(13)5(12)7(14)9(10)16/h2H,1H3. The Labute approximate surface area is 107 Å². The van der Waals surface area contributed by atoms with Crippen molar-refractivity contribution in [3.63, 3.8) is 0 Å². The molecule has 0 aliphatic carbocycles. The number of carbonyl (C=O) groups is 1. The van der Waals surface area contributed by atoms with Crippen LogP contribution in [0, 0.1) is 36.0 Å². The maximum atomic E-state index is 13.2. The van der Waals surface area contributed by atoms with Crippen LogP contribution in [-0.4, -0.2) is 11.1 Å². The summed E-state index contributed by atoms with van der Waals surface area (Å²) >= 11 is 0. The Morgan fingerprint density at radius 2 is 1.55 bits per heavy atom. The van der Waals surface area contributed by atoms with Crippen molar-refractivity contribution in [2.45, 2.75) is 6.92 Å². The Morgan fingerprint density at radius 1 is 1.05 bits per heavy atom. The second kappa shape index (κ2) is 4.91. The zero-order valence-electron chi connectivity index (χ0n) is 9.64. The van der Waals surface area contributed by atoms with Crippen LogP contribution in [0.25, 0.3) is 0 Å². The van der Waals surface area contributed by atoms with Gasteiger partial charge in [0.2, 0.25) is 34.8 Å². The third-order valence-electron chi connectivity index (χ3n) is 2.20. The fourth-order valence-corrected chi connectivity index (χ4v) is 1.28. The SMILES string of the molecule is Cc1cc(C(=O)Oc2c(F)c(F)c(F)c(F)c2F)no1. The molecule has 106 valence electrons. The largest absolute Gasteiger partial charge is 0.415 e. The summed E-state index contributed by atoms with van der Waals surface area (Å²) in [7, 11) is 0. The number of carbonyl (C=O) groups excluding carboxylic acids is 1. The molecule has 1 aromatic carbocycles. The van der Waals surface area contributed by atoms with E-state index in [0.29, 0.717) is 0 Å². The minimum atomic E-state index is -2.35. The Balaban J connectivity index is 2.42. The summed E-state index contributed by atoms with van der Waals surface area (Å²) in [5, 5.41) is 3.18. The first-order valence-corrected chi connectivity index (χ1v) is 4.99. The van der Waals surface area contributed by atoms with Gasteiger partial charge in [-0.25, -0.2) is 18.0 Å². The van der Waals surface area contributed by atoms with Crippen molar-refractivity contribution in [1.29, 1.82) is 0 Å². The van der Waals surface area contributed by atoms with Crippen molar-refractivity contribution < 1.29 is 36.0 Å². The Hall–Kier alpha value is -2.45. The predicted molar refractivity (Wildman–Crippen MR) is 52.4 cm³/mol. The minimum absolute atomic E-state index is 0.189. The molecule has 0 radical (unpaired) electrons. The van der Waals surface area contributed by atoms with Gasteiger partial charge >= 0.3 is 5.97 Å². The molecule has 2 aromatic rings. The van der Waals surface area contributed by atoms with Crippen molar-refractivity contribution in [1.82, 2.24) is 5.16 Å². The summed E-state index contributed by atoms with van der Waals surface area (Å²) in [4.78, 5) is 11.4. The number of ether oxygens (including phenoxy) is 1. The number of rotatable bonds is 2. The number of aromatic nitrogens is 1. The number of hydrogen-bond acceptors (Lipinski definition) is 4. The van der Waals surface area contributed by atoms with Gasteiger partial charge in [0.05, 0.1) is 0 Å². The Bertz CT molecular complexity index is 669. The minimum Gasteiger partial charge on any atom is -0.415 e. The fraction of sp³-hybridized carbons (Fsp3) is 0.0909. The second-order valence-corrected chi connectivity index (χ2v) is 3.61. The highest BCUT2D eigenvalue weighted by atomic mass is 19.2. The highest BCUT2D eigenvalue weighted by Crippen LogP contribution is 2.29. The van der Waals surface area contributed by atoms with E-state index in [1.54, 1.807) is 0 Å². The predicted octanol–water partition coefficient (Wildman–Crippen LogP) is 2.90. The molecule has 20 heavy (non-hydrogen) atoms. The normalized spacial score (nSPS) is 10.7. The maximum Gasteiger partial charge on any atom is 0.366 e. The molecular formula is C11H4F5NO3. The highest BCUT2D eigenvalue weighted by molar-refractivity contribution is 5.88. The average molecular weight is 293 g/mol. The lowest BCUT2D eigenvalue weighted by Gasteiger charge is -2.07. The molecule has 1 heterocycles. The number of aryl methyl sites for hydroxylation is 1. The van der Waals surface area contributed by atoms with Gasteiger partial charge in [0.15, 0.2) is 5.69 Å². The molecule has 4 nitrogen and oxygen atoms in total. The van der Waals surface area contributed by atoms with Crippen LogP contribution in [-0.2, 0) is 0 Å². The summed E-state index contributed by atoms with van der Waals surface area (Å²) in [6.45, 7) is 1.42. The lowest BCUT2D eigenvalue weighted by Crippen LogP contribution is -2.14. The van der Waals surface area contributed by atoms with E-state index in [1.807, 2.05) is 0 Å². The van der Waals surface area contributed by atoms with Gasteiger partial charge in [-0.1, -0.05) is 5.16 Å². The van der Waals surface area contributed by atoms with Gasteiger partial charge in [-0.3, -0.25) is 0 Å². The Kier molecular flexibility index (Phi) is 3.43. The molecule has 0 atom stereocenters. The van der Waals surface area contributed by atoms with Crippen LogP contribution < -0.4 is 4.74 Å². The smallest absolute Gasteiger partial charge is 0.366 e. The molecule has 0 saturated heterocycles. The summed E-state index contributed by atoms with van der Waals surface area (Å²) < 4.78 is 73.6. The molecule has 2 rings (SSSR count). The molecule has 9 heteroatoms. The van der Waals surface area contributed by atoms with Crippen LogP contribution in [0.15, 0.2) is 10.6 Å². The maximum absolute atomic E-state index is 13.2. The molecule has 0 fully saturated rings. The molecular weight excluding hydrogens is 289 g/mol. The van der Waals surface area contributed by atoms with E-state index in [4.69, 9.17) is 0 Å². The molecule has 1 aromatic heterocycles. The zero-order valence-corrected chi connectivity index (χ0v) is 9.64. The number of benzene rings is 1. The van der Waals surface area contributed by atoms with Crippen LogP contribution >= 0.6 is 0 Å². The van der Waals surface area contributed by atoms with E-state index in [1.165, 1.54) is 6.92 Å². The van der Waals surface area contributed by atoms with E-state index >= 15 is 0 Å². The van der Waals surface area contributed by atoms with Crippen molar-refractivity contribution in [2.75, 3.05) is 0 Å². The van der Waals surface area contributed by atoms with Gasteiger partial charge in [0.25, 0.3) is 0 Å². The lowest BCUT2D eigenvalue weighted by atomic mass is 10.2. The Morgan fingerprint density at radius 3 is 2.00 bits per heavy atom. The molecule has 0 amide bonds. The molecule has 0 spiro atoms. The van der Waals surface area contributed by atoms with Crippen LogP contribution in [0.4, 0.5) is 22.0 Å². The third-order valence-corrected chi connectivity index (χ3v) is 2.20. The molecule has 0 unspecified atom stereocenters. The number of esters is 1. The van der Waals surface area contributed by atoms with E-state index in [2.05, 4.69) is 14.4 Å². The number of halogens is 5. The fourth-order valence-electron chi connectivity index (χ4n) is 1.28. The average Bonchev–Trinajstić information content (AvgIpc) is 2.85. The summed E-state index contributed by atoms with van der Waals surface area (Å²) in [5.74, 6) is -14.2. The quantitative estimate of drug-likeness (QED) is 0.281. The van der Waals surface area contributed by atoms with Crippen molar-refractivity contribution >= 4 is 5.97 Å². The van der Waals surface area contributed by atoms with Crippen molar-refractivity contribution in [3.05, 3.63) is 46.6 Å². The molecule has 0 aliphatic rings. The van der Waals surface area contributed by atoms with Crippen LogP contribution in [0.5, 0.6) is 5.75 Å². The van der Waals surface area contributed by atoms with E-state index in [9.17, 15) is 26.7 Å². The summed E-state index contributed by atoms with van der Waals surface area (Å²) in [6, 6.07) is 1.06. The van der Waals surface area contributed by atoms with Crippen LogP contribution in [0.3, 0.4) is 0 Å². The molecule has 0 bridgehead atoms. The molecule has 0 N–H and O–H groups in total. The van der Waals surface area contributed by atoms with Gasteiger partial charge in [-0.05, 0) is 6.92 Å². The first kappa shape index (κ1) is 14.0. The summed E-state index contributed by atoms with van der Waals surface area (Å²) in [5.41, 5.74) is -0.480. The summed E-state index contributed by atoms with van der Waals surface area (Å²) in [6.07, 6.45) is 0. The van der Waals surface area contributed by atoms with Crippen LogP contribution in [0.1, 0.15) is 16.2 Å². The molecule has 0 saturated carbocycles. The monoisotopic (exact) mass is 293 g/mol. The number of nitrogens with zero attached hydrogens (tertiary/aromatic N) is 1. The second-order valence-electron chi connectivity index (χ2n) is 3.61. The lowest BCUT2D eigenvalue weighted by molar-refractivity contribution is 0.0705. The molecule has 0 aliphatic heterocycles. The van der Waals surface area contributed by atoms with Crippen molar-refractivity contribution in [3.8, 4) is 5.75 Å². The number of hydrogen-bond donors (Lipinski definition) is 0. The highest BCUT2D eigenvalue weighted by Gasteiger charge is 2.29. The zero-order chi connectivity index (χ0) is 15.0. The van der Waals surface area contributed by atoms with E-state index < -0.39 is 46.5 Å².